The summed E-state index contributed by atoms with van der Waals surface area (Å²) in [6.45, 7) is 3.05. The van der Waals surface area contributed by atoms with Crippen LogP contribution in [0, 0.1) is 0 Å². The zero-order valence-corrected chi connectivity index (χ0v) is 9.77. The topological polar surface area (TPSA) is 12.0 Å². The van der Waals surface area contributed by atoms with E-state index in [2.05, 4.69) is 18.3 Å². The first-order chi connectivity index (χ1) is 7.27. The molecule has 0 amide bonds. The van der Waals surface area contributed by atoms with E-state index in [0.717, 1.165) is 11.6 Å². The molecule has 1 aromatic rings. The van der Waals surface area contributed by atoms with Crippen molar-refractivity contribution in [3.8, 4) is 0 Å². The van der Waals surface area contributed by atoms with E-state index in [1.807, 2.05) is 18.2 Å². The van der Waals surface area contributed by atoms with Crippen LogP contribution in [0.2, 0.25) is 5.02 Å². The molecule has 1 aliphatic carbocycles. The molecule has 0 saturated heterocycles. The molecule has 0 aromatic heterocycles. The highest BCUT2D eigenvalue weighted by atomic mass is 35.5. The Balaban J connectivity index is 1.99. The highest BCUT2D eigenvalue weighted by Gasteiger charge is 2.10. The Bertz CT molecular complexity index is 382. The van der Waals surface area contributed by atoms with Crippen molar-refractivity contribution in [2.24, 2.45) is 0 Å². The summed E-state index contributed by atoms with van der Waals surface area (Å²) in [5, 5.41) is 4.33. The van der Waals surface area contributed by atoms with Gasteiger partial charge >= 0.3 is 0 Å². The fraction of sp³-hybridized carbons (Fsp3) is 0.385. The smallest absolute Gasteiger partial charge is 0.0455 e. The van der Waals surface area contributed by atoms with Crippen LogP contribution in [-0.2, 0) is 6.54 Å². The normalized spacial score (nSPS) is 15.9. The molecule has 80 valence electrons. The lowest BCUT2D eigenvalue weighted by atomic mass is 10.2. The lowest BCUT2D eigenvalue weighted by molar-refractivity contribution is 0.761. The summed E-state index contributed by atoms with van der Waals surface area (Å²) >= 11 is 6.09. The molecular formula is C13H16ClN. The Hall–Kier alpha value is -0.950. The van der Waals surface area contributed by atoms with Crippen LogP contribution in [0.4, 0.5) is 0 Å². The lowest BCUT2D eigenvalue weighted by Gasteiger charge is -2.09. The van der Waals surface area contributed by atoms with Gasteiger partial charge in [0.2, 0.25) is 0 Å². The van der Waals surface area contributed by atoms with Crippen LogP contribution < -0.4 is 5.32 Å². The standard InChI is InChI=1S/C13H16ClN/c1-10-5-4-8-13(10)15-9-11-6-2-3-7-12(11)14/h2-3,6-7,15H,4-5,8-9H2,1H3. The average Bonchev–Trinajstić information content (AvgIpc) is 2.63. The van der Waals surface area contributed by atoms with Gasteiger partial charge in [0.25, 0.3) is 0 Å². The first kappa shape index (κ1) is 10.6. The quantitative estimate of drug-likeness (QED) is 0.817. The first-order valence-corrected chi connectivity index (χ1v) is 5.81. The Morgan fingerprint density at radius 1 is 1.27 bits per heavy atom. The molecule has 1 aromatic carbocycles. The van der Waals surface area contributed by atoms with Crippen molar-refractivity contribution in [3.05, 3.63) is 46.1 Å². The number of nitrogens with one attached hydrogen (secondary N) is 1. The largest absolute Gasteiger partial charge is 0.384 e. The van der Waals surface area contributed by atoms with E-state index >= 15 is 0 Å². The van der Waals surface area contributed by atoms with Crippen molar-refractivity contribution in [1.29, 1.82) is 0 Å². The van der Waals surface area contributed by atoms with Gasteiger partial charge in [-0.15, -0.1) is 0 Å². The Labute approximate surface area is 96.1 Å². The predicted molar refractivity (Wildman–Crippen MR) is 64.8 cm³/mol. The second kappa shape index (κ2) is 4.71. The monoisotopic (exact) mass is 221 g/mol. The van der Waals surface area contributed by atoms with Gasteiger partial charge in [0.05, 0.1) is 0 Å². The molecule has 0 bridgehead atoms. The average molecular weight is 222 g/mol. The zero-order chi connectivity index (χ0) is 10.7. The van der Waals surface area contributed by atoms with Gasteiger partial charge < -0.3 is 5.32 Å². The van der Waals surface area contributed by atoms with Crippen LogP contribution in [0.1, 0.15) is 31.7 Å². The van der Waals surface area contributed by atoms with Gasteiger partial charge in [-0.2, -0.15) is 0 Å². The van der Waals surface area contributed by atoms with Gasteiger partial charge in [-0.1, -0.05) is 35.4 Å². The molecule has 2 rings (SSSR count). The fourth-order valence-electron chi connectivity index (χ4n) is 1.98. The van der Waals surface area contributed by atoms with E-state index in [0.29, 0.717) is 0 Å². The van der Waals surface area contributed by atoms with E-state index < -0.39 is 0 Å². The van der Waals surface area contributed by atoms with Gasteiger partial charge in [0.1, 0.15) is 0 Å². The second-order valence-electron chi connectivity index (χ2n) is 4.06. The third-order valence-electron chi connectivity index (χ3n) is 2.94. The molecule has 1 N–H and O–H groups in total. The second-order valence-corrected chi connectivity index (χ2v) is 4.46. The van der Waals surface area contributed by atoms with Crippen molar-refractivity contribution in [2.45, 2.75) is 32.7 Å². The van der Waals surface area contributed by atoms with Gasteiger partial charge in [0.15, 0.2) is 0 Å². The molecule has 15 heavy (non-hydrogen) atoms. The molecular weight excluding hydrogens is 206 g/mol. The van der Waals surface area contributed by atoms with E-state index in [1.54, 1.807) is 0 Å². The molecule has 0 fully saturated rings. The summed E-state index contributed by atoms with van der Waals surface area (Å²) < 4.78 is 0. The van der Waals surface area contributed by atoms with E-state index in [-0.39, 0.29) is 0 Å². The van der Waals surface area contributed by atoms with Crippen molar-refractivity contribution in [3.63, 3.8) is 0 Å². The molecule has 0 heterocycles. The maximum Gasteiger partial charge on any atom is 0.0455 e. The summed E-state index contributed by atoms with van der Waals surface area (Å²) in [4.78, 5) is 0. The maximum absolute atomic E-state index is 6.09. The summed E-state index contributed by atoms with van der Waals surface area (Å²) in [5.74, 6) is 0. The molecule has 1 aliphatic rings. The Morgan fingerprint density at radius 3 is 2.73 bits per heavy atom. The molecule has 0 aliphatic heterocycles. The van der Waals surface area contributed by atoms with Crippen LogP contribution in [0.25, 0.3) is 0 Å². The van der Waals surface area contributed by atoms with Crippen LogP contribution in [0.15, 0.2) is 35.5 Å². The number of hydrogen-bond donors (Lipinski definition) is 1. The Morgan fingerprint density at radius 2 is 2.07 bits per heavy atom. The molecule has 0 radical (unpaired) electrons. The van der Waals surface area contributed by atoms with Crippen LogP contribution in [-0.4, -0.2) is 0 Å². The Kier molecular flexibility index (Phi) is 3.32. The summed E-state index contributed by atoms with van der Waals surface area (Å²) in [6, 6.07) is 8.00. The van der Waals surface area contributed by atoms with E-state index in [4.69, 9.17) is 11.6 Å². The number of rotatable bonds is 3. The number of benzene rings is 1. The van der Waals surface area contributed by atoms with E-state index in [1.165, 1.54) is 36.1 Å². The van der Waals surface area contributed by atoms with Gasteiger partial charge in [-0.3, -0.25) is 0 Å². The third kappa shape index (κ3) is 2.54. The maximum atomic E-state index is 6.09. The van der Waals surface area contributed by atoms with E-state index in [9.17, 15) is 0 Å². The van der Waals surface area contributed by atoms with Crippen molar-refractivity contribution < 1.29 is 0 Å². The minimum absolute atomic E-state index is 0.840. The van der Waals surface area contributed by atoms with Crippen molar-refractivity contribution in [1.82, 2.24) is 5.32 Å². The van der Waals surface area contributed by atoms with Crippen LogP contribution in [0.5, 0.6) is 0 Å². The number of hydrogen-bond acceptors (Lipinski definition) is 1. The summed E-state index contributed by atoms with van der Waals surface area (Å²) in [7, 11) is 0. The summed E-state index contributed by atoms with van der Waals surface area (Å²) in [5.41, 5.74) is 4.09. The van der Waals surface area contributed by atoms with Gasteiger partial charge in [0, 0.05) is 17.3 Å². The summed E-state index contributed by atoms with van der Waals surface area (Å²) in [6.07, 6.45) is 3.72. The molecule has 0 unspecified atom stereocenters. The molecule has 0 saturated carbocycles. The molecule has 0 atom stereocenters. The minimum atomic E-state index is 0.840. The third-order valence-corrected chi connectivity index (χ3v) is 3.31. The fourth-order valence-corrected chi connectivity index (χ4v) is 2.18. The highest BCUT2D eigenvalue weighted by Crippen LogP contribution is 2.24. The van der Waals surface area contributed by atoms with Gasteiger partial charge in [-0.25, -0.2) is 0 Å². The van der Waals surface area contributed by atoms with Crippen LogP contribution in [0.3, 0.4) is 0 Å². The number of halogens is 1. The first-order valence-electron chi connectivity index (χ1n) is 5.43. The molecule has 2 heteroatoms. The minimum Gasteiger partial charge on any atom is -0.384 e. The van der Waals surface area contributed by atoms with Crippen molar-refractivity contribution >= 4 is 11.6 Å². The number of allylic oxidation sites excluding steroid dienone is 2. The van der Waals surface area contributed by atoms with Crippen LogP contribution >= 0.6 is 11.6 Å². The highest BCUT2D eigenvalue weighted by molar-refractivity contribution is 6.31. The van der Waals surface area contributed by atoms with Crippen molar-refractivity contribution in [2.75, 3.05) is 0 Å². The van der Waals surface area contributed by atoms with Gasteiger partial charge in [-0.05, 0) is 37.8 Å². The molecule has 1 nitrogen and oxygen atoms in total. The molecule has 0 spiro atoms. The zero-order valence-electron chi connectivity index (χ0n) is 9.02. The lowest BCUT2D eigenvalue weighted by Crippen LogP contribution is -2.12. The SMILES string of the molecule is CC1=C(NCc2ccccc2Cl)CCC1. The predicted octanol–water partition coefficient (Wildman–Crippen LogP) is 3.89.